The Morgan fingerprint density at radius 1 is 1.32 bits per heavy atom. The third kappa shape index (κ3) is 2.06. The van der Waals surface area contributed by atoms with E-state index in [0.29, 0.717) is 11.9 Å². The van der Waals surface area contributed by atoms with E-state index < -0.39 is 0 Å². The zero-order chi connectivity index (χ0) is 13.4. The van der Waals surface area contributed by atoms with E-state index >= 15 is 0 Å². The van der Waals surface area contributed by atoms with Gasteiger partial charge in [-0.2, -0.15) is 5.10 Å². The summed E-state index contributed by atoms with van der Waals surface area (Å²) in [5, 5.41) is 4.64. The summed E-state index contributed by atoms with van der Waals surface area (Å²) in [4.78, 5) is 4.84. The van der Waals surface area contributed by atoms with Crippen LogP contribution in [0.2, 0.25) is 0 Å². The fraction of sp³-hybridized carbons (Fsp3) is 0.714. The standard InChI is InChI=1S/C14H21ClN4/c1-3-5-11-13-14(18(2)17-11)19(10-6-4-7-10)12(16-13)8-9-15/h10H,3-9H2,1-2H3. The van der Waals surface area contributed by atoms with Crippen molar-refractivity contribution in [2.45, 2.75) is 51.5 Å². The zero-order valence-electron chi connectivity index (χ0n) is 11.7. The minimum Gasteiger partial charge on any atom is -0.310 e. The number of alkyl halides is 1. The minimum absolute atomic E-state index is 0.605. The Hall–Kier alpha value is -1.03. The maximum atomic E-state index is 5.93. The molecule has 5 heteroatoms. The van der Waals surface area contributed by atoms with Gasteiger partial charge >= 0.3 is 0 Å². The van der Waals surface area contributed by atoms with Gasteiger partial charge in [0.2, 0.25) is 0 Å². The molecule has 1 aliphatic rings. The molecule has 104 valence electrons. The van der Waals surface area contributed by atoms with Gasteiger partial charge in [0.05, 0.1) is 5.69 Å². The highest BCUT2D eigenvalue weighted by Gasteiger charge is 2.27. The average molecular weight is 281 g/mol. The van der Waals surface area contributed by atoms with Gasteiger partial charge in [-0.05, 0) is 25.7 Å². The lowest BCUT2D eigenvalue weighted by atomic mass is 9.92. The van der Waals surface area contributed by atoms with Gasteiger partial charge in [-0.25, -0.2) is 4.98 Å². The van der Waals surface area contributed by atoms with Crippen molar-refractivity contribution < 1.29 is 0 Å². The molecular weight excluding hydrogens is 260 g/mol. The molecule has 1 aliphatic carbocycles. The molecule has 0 spiro atoms. The van der Waals surface area contributed by atoms with Crippen LogP contribution in [0, 0.1) is 0 Å². The quantitative estimate of drug-likeness (QED) is 0.788. The van der Waals surface area contributed by atoms with Crippen molar-refractivity contribution in [1.29, 1.82) is 0 Å². The zero-order valence-corrected chi connectivity index (χ0v) is 12.4. The lowest BCUT2D eigenvalue weighted by Gasteiger charge is -2.29. The molecule has 2 heterocycles. The number of hydrogen-bond acceptors (Lipinski definition) is 2. The van der Waals surface area contributed by atoms with Crippen LogP contribution >= 0.6 is 11.6 Å². The van der Waals surface area contributed by atoms with Gasteiger partial charge in [-0.3, -0.25) is 4.68 Å². The largest absolute Gasteiger partial charge is 0.310 e. The molecule has 0 bridgehead atoms. The van der Waals surface area contributed by atoms with Crippen LogP contribution in [-0.4, -0.2) is 25.2 Å². The van der Waals surface area contributed by atoms with Crippen LogP contribution in [-0.2, 0) is 19.9 Å². The third-order valence-corrected chi connectivity index (χ3v) is 4.24. The molecule has 0 aromatic carbocycles. The molecule has 0 N–H and O–H groups in total. The summed E-state index contributed by atoms with van der Waals surface area (Å²) in [6.07, 6.45) is 6.79. The topological polar surface area (TPSA) is 35.6 Å². The van der Waals surface area contributed by atoms with Crippen molar-refractivity contribution >= 4 is 22.8 Å². The summed E-state index contributed by atoms with van der Waals surface area (Å²) in [5.74, 6) is 1.77. The fourth-order valence-electron chi connectivity index (χ4n) is 2.94. The number of aromatic nitrogens is 4. The Balaban J connectivity index is 2.15. The normalized spacial score (nSPS) is 16.2. The fourth-order valence-corrected chi connectivity index (χ4v) is 3.11. The van der Waals surface area contributed by atoms with E-state index in [1.54, 1.807) is 0 Å². The molecule has 1 fully saturated rings. The summed E-state index contributed by atoms with van der Waals surface area (Å²) < 4.78 is 4.40. The first-order chi connectivity index (χ1) is 9.26. The van der Waals surface area contributed by atoms with E-state index in [0.717, 1.165) is 36.3 Å². The van der Waals surface area contributed by atoms with Gasteiger partial charge in [0.25, 0.3) is 0 Å². The van der Waals surface area contributed by atoms with Gasteiger partial charge in [0.15, 0.2) is 5.65 Å². The molecule has 0 aliphatic heterocycles. The van der Waals surface area contributed by atoms with Gasteiger partial charge in [0, 0.05) is 25.4 Å². The highest BCUT2D eigenvalue weighted by molar-refractivity contribution is 6.17. The molecule has 19 heavy (non-hydrogen) atoms. The van der Waals surface area contributed by atoms with Crippen LogP contribution in [0.5, 0.6) is 0 Å². The molecule has 4 nitrogen and oxygen atoms in total. The van der Waals surface area contributed by atoms with E-state index in [4.69, 9.17) is 16.6 Å². The number of hydrogen-bond donors (Lipinski definition) is 0. The molecule has 0 radical (unpaired) electrons. The number of imidazole rings is 1. The second-order valence-electron chi connectivity index (χ2n) is 5.41. The molecule has 2 aromatic heterocycles. The lowest BCUT2D eigenvalue weighted by Crippen LogP contribution is -2.20. The molecule has 0 amide bonds. The van der Waals surface area contributed by atoms with E-state index in [1.807, 2.05) is 11.7 Å². The van der Waals surface area contributed by atoms with Gasteiger partial charge < -0.3 is 4.57 Å². The molecule has 0 unspecified atom stereocenters. The van der Waals surface area contributed by atoms with Gasteiger partial charge in [0.1, 0.15) is 11.3 Å². The third-order valence-electron chi connectivity index (χ3n) is 4.05. The SMILES string of the molecule is CCCc1nn(C)c2c1nc(CCCl)n2C1CCC1. The van der Waals surface area contributed by atoms with Crippen molar-refractivity contribution in [3.63, 3.8) is 0 Å². The van der Waals surface area contributed by atoms with Crippen molar-refractivity contribution in [2.75, 3.05) is 5.88 Å². The highest BCUT2D eigenvalue weighted by Crippen LogP contribution is 2.36. The first-order valence-electron chi connectivity index (χ1n) is 7.25. The van der Waals surface area contributed by atoms with Gasteiger partial charge in [-0.15, -0.1) is 11.6 Å². The van der Waals surface area contributed by atoms with E-state index in [9.17, 15) is 0 Å². The smallest absolute Gasteiger partial charge is 0.158 e. The maximum absolute atomic E-state index is 5.93. The second-order valence-corrected chi connectivity index (χ2v) is 5.79. The van der Waals surface area contributed by atoms with Crippen molar-refractivity contribution in [3.05, 3.63) is 11.5 Å². The predicted octanol–water partition coefficient (Wildman–Crippen LogP) is 3.23. The van der Waals surface area contributed by atoms with Gasteiger partial charge in [-0.1, -0.05) is 13.3 Å². The van der Waals surface area contributed by atoms with Crippen molar-refractivity contribution in [3.8, 4) is 0 Å². The maximum Gasteiger partial charge on any atom is 0.158 e. The first-order valence-corrected chi connectivity index (χ1v) is 7.78. The van der Waals surface area contributed by atoms with E-state index in [1.165, 1.54) is 24.9 Å². The van der Waals surface area contributed by atoms with Crippen LogP contribution in [0.3, 0.4) is 0 Å². The number of halogens is 1. The van der Waals surface area contributed by atoms with Crippen molar-refractivity contribution in [1.82, 2.24) is 19.3 Å². The Labute approximate surface area is 118 Å². The van der Waals surface area contributed by atoms with E-state index in [2.05, 4.69) is 16.6 Å². The predicted molar refractivity (Wildman–Crippen MR) is 77.8 cm³/mol. The van der Waals surface area contributed by atoms with Crippen LogP contribution in [0.25, 0.3) is 11.2 Å². The highest BCUT2D eigenvalue weighted by atomic mass is 35.5. The van der Waals surface area contributed by atoms with Crippen LogP contribution < -0.4 is 0 Å². The van der Waals surface area contributed by atoms with Crippen LogP contribution in [0.4, 0.5) is 0 Å². The number of fused-ring (bicyclic) bond motifs is 1. The van der Waals surface area contributed by atoms with Crippen LogP contribution in [0.1, 0.15) is 50.2 Å². The summed E-state index contributed by atoms with van der Waals surface area (Å²) in [6.45, 7) is 2.18. The Morgan fingerprint density at radius 3 is 2.68 bits per heavy atom. The number of rotatable bonds is 5. The molecule has 0 saturated heterocycles. The summed E-state index contributed by atoms with van der Waals surface area (Å²) in [7, 11) is 2.03. The molecular formula is C14H21ClN4. The Morgan fingerprint density at radius 2 is 2.11 bits per heavy atom. The number of aryl methyl sites for hydroxylation is 3. The Bertz CT molecular complexity index is 580. The molecule has 1 saturated carbocycles. The average Bonchev–Trinajstić information content (AvgIpc) is 2.80. The second kappa shape index (κ2) is 5.16. The molecule has 0 atom stereocenters. The Kier molecular flexibility index (Phi) is 3.52. The van der Waals surface area contributed by atoms with Crippen molar-refractivity contribution in [2.24, 2.45) is 7.05 Å². The number of nitrogens with zero attached hydrogens (tertiary/aromatic N) is 4. The summed E-state index contributed by atoms with van der Waals surface area (Å²) in [6, 6.07) is 0.605. The molecule has 2 aromatic rings. The lowest BCUT2D eigenvalue weighted by molar-refractivity contribution is 0.310. The van der Waals surface area contributed by atoms with Crippen LogP contribution in [0.15, 0.2) is 0 Å². The summed E-state index contributed by atoms with van der Waals surface area (Å²) >= 11 is 5.93. The summed E-state index contributed by atoms with van der Waals surface area (Å²) in [5.41, 5.74) is 3.42. The first kappa shape index (κ1) is 13.0. The van der Waals surface area contributed by atoms with E-state index in [-0.39, 0.29) is 0 Å². The monoisotopic (exact) mass is 280 g/mol. The molecule has 3 rings (SSSR count). The minimum atomic E-state index is 0.605.